The van der Waals surface area contributed by atoms with Gasteiger partial charge in [0.1, 0.15) is 0 Å². The Bertz CT molecular complexity index is 324. The maximum Gasteiger partial charge on any atom is 0.209 e. The lowest BCUT2D eigenvalue weighted by Gasteiger charge is -2.21. The van der Waals surface area contributed by atoms with Crippen LogP contribution >= 0.6 is 0 Å². The number of sulfonamides is 1. The van der Waals surface area contributed by atoms with Crippen LogP contribution in [0.15, 0.2) is 0 Å². The first-order valence-corrected chi connectivity index (χ1v) is 9.91. The van der Waals surface area contributed by atoms with E-state index in [1.807, 2.05) is 0 Å². The van der Waals surface area contributed by atoms with Crippen LogP contribution in [0.3, 0.4) is 0 Å². The molecule has 0 amide bonds. The van der Waals surface area contributed by atoms with Crippen LogP contribution in [0, 0.1) is 0 Å². The van der Waals surface area contributed by atoms with Crippen molar-refractivity contribution in [2.24, 2.45) is 5.14 Å². The highest BCUT2D eigenvalue weighted by molar-refractivity contribution is 7.89. The molecule has 0 bridgehead atoms. The number of hydrogen-bond acceptors (Lipinski definition) is 3. The average molecular weight is 305 g/mol. The predicted molar refractivity (Wildman–Crippen MR) is 83.1 cm³/mol. The van der Waals surface area contributed by atoms with E-state index >= 15 is 0 Å². The van der Waals surface area contributed by atoms with Crippen LogP contribution in [0.2, 0.25) is 0 Å². The summed E-state index contributed by atoms with van der Waals surface area (Å²) < 4.78 is 27.4. The van der Waals surface area contributed by atoms with Gasteiger partial charge in [0.2, 0.25) is 10.0 Å². The van der Waals surface area contributed by atoms with Crippen LogP contribution in [0.4, 0.5) is 0 Å². The molecule has 0 aliphatic heterocycles. The fourth-order valence-corrected chi connectivity index (χ4v) is 3.38. The Hall–Kier alpha value is -0.130. The van der Waals surface area contributed by atoms with Crippen LogP contribution in [0.1, 0.15) is 77.0 Å². The molecule has 0 spiro atoms. The van der Waals surface area contributed by atoms with Crippen molar-refractivity contribution >= 4 is 10.0 Å². The van der Waals surface area contributed by atoms with Gasteiger partial charge in [-0.25, -0.2) is 13.6 Å². The molecule has 5 heteroatoms. The van der Waals surface area contributed by atoms with Crippen LogP contribution < -0.4 is 5.14 Å². The molecule has 0 unspecified atom stereocenters. The summed E-state index contributed by atoms with van der Waals surface area (Å²) in [4.78, 5) is 0. The molecule has 1 aliphatic carbocycles. The quantitative estimate of drug-likeness (QED) is 0.595. The van der Waals surface area contributed by atoms with Crippen molar-refractivity contribution in [1.82, 2.24) is 0 Å². The second-order valence-corrected chi connectivity index (χ2v) is 7.71. The standard InChI is InChI=1S/C15H31NO3S/c16-20(17,18)14-10-5-3-1-2-4-9-13-19-15-11-7-6-8-12-15/h15H,1-14H2,(H2,16,17,18). The van der Waals surface area contributed by atoms with Gasteiger partial charge >= 0.3 is 0 Å². The number of hydrogen-bond donors (Lipinski definition) is 1. The maximum atomic E-state index is 10.7. The van der Waals surface area contributed by atoms with Gasteiger partial charge in [-0.1, -0.05) is 51.4 Å². The molecule has 1 rings (SSSR count). The van der Waals surface area contributed by atoms with E-state index in [4.69, 9.17) is 9.88 Å². The van der Waals surface area contributed by atoms with Gasteiger partial charge in [-0.2, -0.15) is 0 Å². The third-order valence-electron chi connectivity index (χ3n) is 3.98. The summed E-state index contributed by atoms with van der Waals surface area (Å²) in [6.07, 6.45) is 14.7. The molecular formula is C15H31NO3S. The number of nitrogens with two attached hydrogens (primary N) is 1. The maximum absolute atomic E-state index is 10.7. The molecule has 0 aromatic rings. The number of ether oxygens (including phenoxy) is 1. The summed E-state index contributed by atoms with van der Waals surface area (Å²) in [5.41, 5.74) is 0. The lowest BCUT2D eigenvalue weighted by atomic mass is 9.98. The van der Waals surface area contributed by atoms with E-state index in [1.54, 1.807) is 0 Å². The van der Waals surface area contributed by atoms with Crippen molar-refractivity contribution in [2.45, 2.75) is 83.2 Å². The third-order valence-corrected chi connectivity index (χ3v) is 4.84. The zero-order chi connectivity index (χ0) is 14.7. The monoisotopic (exact) mass is 305 g/mol. The van der Waals surface area contributed by atoms with E-state index in [1.165, 1.54) is 51.4 Å². The molecule has 1 saturated carbocycles. The Balaban J connectivity index is 1.78. The fourth-order valence-electron chi connectivity index (χ4n) is 2.77. The Morgan fingerprint density at radius 3 is 2.00 bits per heavy atom. The zero-order valence-corrected chi connectivity index (χ0v) is 13.5. The number of rotatable bonds is 11. The Morgan fingerprint density at radius 2 is 1.40 bits per heavy atom. The Kier molecular flexibility index (Phi) is 9.48. The van der Waals surface area contributed by atoms with E-state index in [0.717, 1.165) is 25.9 Å². The molecule has 0 aromatic carbocycles. The van der Waals surface area contributed by atoms with Gasteiger partial charge in [-0.05, 0) is 25.7 Å². The molecule has 1 fully saturated rings. The molecule has 20 heavy (non-hydrogen) atoms. The van der Waals surface area contributed by atoms with Gasteiger partial charge in [0.15, 0.2) is 0 Å². The second-order valence-electron chi connectivity index (χ2n) is 5.97. The van der Waals surface area contributed by atoms with E-state index in [-0.39, 0.29) is 5.75 Å². The highest BCUT2D eigenvalue weighted by atomic mass is 32.2. The van der Waals surface area contributed by atoms with Crippen LogP contribution in [0.5, 0.6) is 0 Å². The minimum atomic E-state index is -3.26. The van der Waals surface area contributed by atoms with Crippen molar-refractivity contribution in [3.8, 4) is 0 Å². The van der Waals surface area contributed by atoms with Crippen molar-refractivity contribution in [1.29, 1.82) is 0 Å². The van der Waals surface area contributed by atoms with Crippen molar-refractivity contribution in [3.63, 3.8) is 0 Å². The summed E-state index contributed by atoms with van der Waals surface area (Å²) in [6.45, 7) is 0.913. The minimum absolute atomic E-state index is 0.127. The van der Waals surface area contributed by atoms with Crippen LogP contribution in [0.25, 0.3) is 0 Å². The summed E-state index contributed by atoms with van der Waals surface area (Å²) in [6, 6.07) is 0. The number of unbranched alkanes of at least 4 members (excludes halogenated alkanes) is 6. The predicted octanol–water partition coefficient (Wildman–Crippen LogP) is 3.35. The van der Waals surface area contributed by atoms with E-state index in [0.29, 0.717) is 12.5 Å². The molecular weight excluding hydrogens is 274 g/mol. The largest absolute Gasteiger partial charge is 0.378 e. The van der Waals surface area contributed by atoms with Crippen LogP contribution in [-0.4, -0.2) is 26.9 Å². The normalized spacial score (nSPS) is 17.4. The molecule has 120 valence electrons. The van der Waals surface area contributed by atoms with Gasteiger partial charge in [0, 0.05) is 6.61 Å². The summed E-state index contributed by atoms with van der Waals surface area (Å²) in [5, 5.41) is 4.95. The highest BCUT2D eigenvalue weighted by Gasteiger charge is 2.12. The topological polar surface area (TPSA) is 69.4 Å². The van der Waals surface area contributed by atoms with E-state index in [2.05, 4.69) is 0 Å². The summed E-state index contributed by atoms with van der Waals surface area (Å²) in [7, 11) is -3.26. The second kappa shape index (κ2) is 10.6. The van der Waals surface area contributed by atoms with Crippen molar-refractivity contribution < 1.29 is 13.2 Å². The molecule has 1 aliphatic rings. The van der Waals surface area contributed by atoms with E-state index in [9.17, 15) is 8.42 Å². The first-order valence-electron chi connectivity index (χ1n) is 8.20. The molecule has 0 heterocycles. The minimum Gasteiger partial charge on any atom is -0.378 e. The van der Waals surface area contributed by atoms with Crippen LogP contribution in [-0.2, 0) is 14.8 Å². The Morgan fingerprint density at radius 1 is 0.850 bits per heavy atom. The summed E-state index contributed by atoms with van der Waals surface area (Å²) in [5.74, 6) is 0.127. The van der Waals surface area contributed by atoms with Crippen molar-refractivity contribution in [2.75, 3.05) is 12.4 Å². The fraction of sp³-hybridized carbons (Fsp3) is 1.00. The first-order chi connectivity index (χ1) is 9.58. The molecule has 2 N–H and O–H groups in total. The molecule has 4 nitrogen and oxygen atoms in total. The molecule has 0 aromatic heterocycles. The van der Waals surface area contributed by atoms with Gasteiger partial charge in [0.25, 0.3) is 0 Å². The zero-order valence-electron chi connectivity index (χ0n) is 12.7. The highest BCUT2D eigenvalue weighted by Crippen LogP contribution is 2.20. The van der Waals surface area contributed by atoms with Gasteiger partial charge in [0.05, 0.1) is 11.9 Å². The first kappa shape index (κ1) is 17.9. The lowest BCUT2D eigenvalue weighted by Crippen LogP contribution is -2.17. The van der Waals surface area contributed by atoms with Gasteiger partial charge in [-0.3, -0.25) is 0 Å². The molecule has 0 saturated heterocycles. The van der Waals surface area contributed by atoms with Crippen molar-refractivity contribution in [3.05, 3.63) is 0 Å². The summed E-state index contributed by atoms with van der Waals surface area (Å²) >= 11 is 0. The number of primary sulfonamides is 1. The van der Waals surface area contributed by atoms with Gasteiger partial charge in [-0.15, -0.1) is 0 Å². The smallest absolute Gasteiger partial charge is 0.209 e. The molecule has 0 atom stereocenters. The molecule has 0 radical (unpaired) electrons. The van der Waals surface area contributed by atoms with Gasteiger partial charge < -0.3 is 4.74 Å². The lowest BCUT2D eigenvalue weighted by molar-refractivity contribution is 0.0263. The SMILES string of the molecule is NS(=O)(=O)CCCCCCCCCOC1CCCCC1. The van der Waals surface area contributed by atoms with E-state index < -0.39 is 10.0 Å². The Labute approximate surface area is 124 Å². The third kappa shape index (κ3) is 10.6. The average Bonchev–Trinajstić information content (AvgIpc) is 2.41.